The maximum Gasteiger partial charge on any atom is 0.0618 e. The van der Waals surface area contributed by atoms with Crippen molar-refractivity contribution < 1.29 is 0 Å². The first-order chi connectivity index (χ1) is 25.3. The zero-order valence-corrected chi connectivity index (χ0v) is 28.4. The second-order valence-electron chi connectivity index (χ2n) is 13.3. The van der Waals surface area contributed by atoms with Gasteiger partial charge in [0.2, 0.25) is 0 Å². The molecule has 3 heterocycles. The first kappa shape index (κ1) is 28.4. The predicted molar refractivity (Wildman–Crippen MR) is 219 cm³/mol. The van der Waals surface area contributed by atoms with E-state index in [1.54, 1.807) is 0 Å². The molecule has 0 aliphatic rings. The molecule has 238 valence electrons. The quantitative estimate of drug-likeness (QED) is 0.177. The summed E-state index contributed by atoms with van der Waals surface area (Å²) >= 11 is 1.88. The van der Waals surface area contributed by atoms with E-state index < -0.39 is 0 Å². The highest BCUT2D eigenvalue weighted by Crippen LogP contribution is 2.43. The second kappa shape index (κ2) is 11.0. The smallest absolute Gasteiger partial charge is 0.0618 e. The van der Waals surface area contributed by atoms with Gasteiger partial charge in [0, 0.05) is 58.5 Å². The van der Waals surface area contributed by atoms with Crippen molar-refractivity contribution in [2.45, 2.75) is 0 Å². The number of para-hydroxylation sites is 4. The van der Waals surface area contributed by atoms with E-state index in [9.17, 15) is 0 Å². The molecule has 2 nitrogen and oxygen atoms in total. The molecule has 0 saturated carbocycles. The number of hydrogen-bond acceptors (Lipinski definition) is 1. The van der Waals surface area contributed by atoms with Crippen LogP contribution in [0.1, 0.15) is 0 Å². The Kier molecular flexibility index (Phi) is 6.16. The molecule has 0 unspecified atom stereocenters. The van der Waals surface area contributed by atoms with E-state index in [1.165, 1.54) is 91.7 Å². The van der Waals surface area contributed by atoms with Crippen LogP contribution in [0.4, 0.5) is 0 Å². The van der Waals surface area contributed by atoms with Crippen molar-refractivity contribution in [1.82, 2.24) is 9.13 Å². The van der Waals surface area contributed by atoms with Crippen LogP contribution in [0.2, 0.25) is 0 Å². The number of thiophene rings is 1. The molecule has 0 N–H and O–H groups in total. The fourth-order valence-corrected chi connectivity index (χ4v) is 9.41. The van der Waals surface area contributed by atoms with E-state index >= 15 is 0 Å². The fraction of sp³-hybridized carbons (Fsp3) is 0. The summed E-state index contributed by atoms with van der Waals surface area (Å²) in [5, 5.41) is 7.73. The van der Waals surface area contributed by atoms with E-state index in [2.05, 4.69) is 191 Å². The summed E-state index contributed by atoms with van der Waals surface area (Å²) in [6, 6.07) is 66.7. The van der Waals surface area contributed by atoms with Crippen LogP contribution in [0, 0.1) is 0 Å². The van der Waals surface area contributed by atoms with Crippen LogP contribution in [-0.4, -0.2) is 9.13 Å². The van der Waals surface area contributed by atoms with Gasteiger partial charge in [-0.2, -0.15) is 0 Å². The van der Waals surface area contributed by atoms with Crippen LogP contribution in [0.3, 0.4) is 0 Å². The number of aromatic nitrogens is 2. The summed E-state index contributed by atoms with van der Waals surface area (Å²) in [7, 11) is 0. The number of fused-ring (bicyclic) bond motifs is 9. The Hall–Kier alpha value is -6.42. The summed E-state index contributed by atoms with van der Waals surface area (Å²) < 4.78 is 7.57. The van der Waals surface area contributed by atoms with Gasteiger partial charge in [-0.15, -0.1) is 11.3 Å². The van der Waals surface area contributed by atoms with Crippen molar-refractivity contribution in [3.63, 3.8) is 0 Å². The Balaban J connectivity index is 1.15. The minimum absolute atomic E-state index is 1.15. The molecule has 3 heteroatoms. The number of hydrogen-bond donors (Lipinski definition) is 0. The van der Waals surface area contributed by atoms with Gasteiger partial charge < -0.3 is 9.13 Å². The summed E-state index contributed by atoms with van der Waals surface area (Å²) in [6.45, 7) is 0. The predicted octanol–water partition coefficient (Wildman–Crippen LogP) is 13.6. The summed E-state index contributed by atoms with van der Waals surface area (Å²) in [5.41, 5.74) is 12.0. The lowest BCUT2D eigenvalue weighted by Gasteiger charge is -2.19. The lowest BCUT2D eigenvalue weighted by Crippen LogP contribution is -2.01. The van der Waals surface area contributed by atoms with Crippen molar-refractivity contribution in [3.8, 4) is 33.6 Å². The largest absolute Gasteiger partial charge is 0.309 e. The maximum atomic E-state index is 2.47. The molecule has 8 aromatic carbocycles. The van der Waals surface area contributed by atoms with Gasteiger partial charge in [-0.1, -0.05) is 133 Å². The molecular weight excluding hydrogens is 637 g/mol. The third kappa shape index (κ3) is 4.22. The molecule has 11 rings (SSSR count). The fourth-order valence-electron chi connectivity index (χ4n) is 8.29. The van der Waals surface area contributed by atoms with Crippen molar-refractivity contribution in [2.75, 3.05) is 0 Å². The molecular formula is C48H30N2S. The highest BCUT2D eigenvalue weighted by molar-refractivity contribution is 7.25. The van der Waals surface area contributed by atoms with E-state index in [-0.39, 0.29) is 0 Å². The first-order valence-corrected chi connectivity index (χ1v) is 18.3. The van der Waals surface area contributed by atoms with Crippen LogP contribution in [-0.2, 0) is 0 Å². The molecule has 0 spiro atoms. The van der Waals surface area contributed by atoms with E-state index in [0.29, 0.717) is 0 Å². The van der Waals surface area contributed by atoms with Gasteiger partial charge in [-0.25, -0.2) is 0 Å². The number of nitrogens with zero attached hydrogens (tertiary/aromatic N) is 2. The van der Waals surface area contributed by atoms with Crippen LogP contribution in [0.5, 0.6) is 0 Å². The third-order valence-electron chi connectivity index (χ3n) is 10.5. The van der Waals surface area contributed by atoms with Crippen molar-refractivity contribution >= 4 is 75.1 Å². The van der Waals surface area contributed by atoms with Crippen LogP contribution in [0.15, 0.2) is 182 Å². The number of benzene rings is 8. The third-order valence-corrected chi connectivity index (χ3v) is 11.7. The van der Waals surface area contributed by atoms with Gasteiger partial charge in [0.15, 0.2) is 0 Å². The number of rotatable bonds is 4. The molecule has 0 aliphatic heterocycles. The lowest BCUT2D eigenvalue weighted by molar-refractivity contribution is 1.17. The minimum atomic E-state index is 1.15. The van der Waals surface area contributed by atoms with E-state index in [1.807, 2.05) is 11.3 Å². The van der Waals surface area contributed by atoms with Gasteiger partial charge in [0.05, 0.1) is 27.8 Å². The van der Waals surface area contributed by atoms with E-state index in [4.69, 9.17) is 0 Å². The lowest BCUT2D eigenvalue weighted by atomic mass is 9.95. The zero-order valence-electron chi connectivity index (χ0n) is 27.6. The van der Waals surface area contributed by atoms with Crippen molar-refractivity contribution in [2.24, 2.45) is 0 Å². The Morgan fingerprint density at radius 2 is 0.843 bits per heavy atom. The Bertz CT molecular complexity index is 3070. The highest BCUT2D eigenvalue weighted by atomic mass is 32.1. The standard InChI is InChI=1S/C48H30N2S/c1-2-13-31(14-3-1)34-19-12-20-35(48(34)50-43-22-9-4-15-36(43)37-16-5-10-23-44(37)50)32-25-27-33(28-26-32)49-42-21-8-6-17-38(42)40-30-47-41(29-45(40)49)39-18-7-11-24-46(39)51-47/h1-30H. The van der Waals surface area contributed by atoms with Crippen LogP contribution in [0.25, 0.3) is 97.4 Å². The van der Waals surface area contributed by atoms with E-state index in [0.717, 1.165) is 5.69 Å². The topological polar surface area (TPSA) is 9.86 Å². The molecule has 3 aromatic heterocycles. The normalized spacial score (nSPS) is 11.9. The molecule has 0 bridgehead atoms. The molecule has 0 radical (unpaired) electrons. The molecule has 0 fully saturated rings. The molecule has 51 heavy (non-hydrogen) atoms. The average molecular weight is 667 g/mol. The first-order valence-electron chi connectivity index (χ1n) is 17.4. The van der Waals surface area contributed by atoms with Gasteiger partial charge in [0.25, 0.3) is 0 Å². The van der Waals surface area contributed by atoms with Crippen molar-refractivity contribution in [1.29, 1.82) is 0 Å². The average Bonchev–Trinajstić information content (AvgIpc) is 3.84. The minimum Gasteiger partial charge on any atom is -0.309 e. The molecule has 0 aliphatic carbocycles. The van der Waals surface area contributed by atoms with Crippen molar-refractivity contribution in [3.05, 3.63) is 182 Å². The van der Waals surface area contributed by atoms with Gasteiger partial charge in [-0.05, 0) is 59.7 Å². The highest BCUT2D eigenvalue weighted by Gasteiger charge is 2.20. The van der Waals surface area contributed by atoms with Crippen LogP contribution >= 0.6 is 11.3 Å². The summed E-state index contributed by atoms with van der Waals surface area (Å²) in [5.74, 6) is 0. The van der Waals surface area contributed by atoms with Gasteiger partial charge in [-0.3, -0.25) is 0 Å². The zero-order chi connectivity index (χ0) is 33.5. The molecule has 0 atom stereocenters. The van der Waals surface area contributed by atoms with Crippen LogP contribution < -0.4 is 0 Å². The molecule has 0 amide bonds. The maximum absolute atomic E-state index is 2.47. The Morgan fingerprint density at radius 3 is 1.51 bits per heavy atom. The monoisotopic (exact) mass is 666 g/mol. The summed E-state index contributed by atoms with van der Waals surface area (Å²) in [6.07, 6.45) is 0. The van der Waals surface area contributed by atoms with Gasteiger partial charge in [0.1, 0.15) is 0 Å². The Labute approximate surface area is 298 Å². The second-order valence-corrected chi connectivity index (χ2v) is 14.4. The Morgan fingerprint density at radius 1 is 0.314 bits per heavy atom. The summed E-state index contributed by atoms with van der Waals surface area (Å²) in [4.78, 5) is 0. The SMILES string of the molecule is c1ccc(-c2cccc(-c3ccc(-n4c5ccccc5c5cc6sc7ccccc7c6cc54)cc3)c2-n2c3ccccc3c3ccccc32)cc1. The molecule has 11 aromatic rings. The molecule has 0 saturated heterocycles. The van der Waals surface area contributed by atoms with Gasteiger partial charge >= 0.3 is 0 Å².